The summed E-state index contributed by atoms with van der Waals surface area (Å²) < 4.78 is 27.8. The summed E-state index contributed by atoms with van der Waals surface area (Å²) in [6, 6.07) is 10.7. The summed E-state index contributed by atoms with van der Waals surface area (Å²) in [6.07, 6.45) is 4.34. The van der Waals surface area contributed by atoms with Gasteiger partial charge in [-0.25, -0.2) is 13.1 Å². The monoisotopic (exact) mass is 355 g/mol. The minimum Gasteiger partial charge on any atom is -0.210 e. The summed E-state index contributed by atoms with van der Waals surface area (Å²) in [5.74, 6) is 0. The van der Waals surface area contributed by atoms with Crippen LogP contribution < -0.4 is 4.72 Å². The van der Waals surface area contributed by atoms with Gasteiger partial charge in [0, 0.05) is 16.8 Å². The molecule has 1 aliphatic carbocycles. The molecule has 0 saturated heterocycles. The van der Waals surface area contributed by atoms with Crippen LogP contribution in [-0.4, -0.2) is 15.0 Å². The highest BCUT2D eigenvalue weighted by molar-refractivity contribution is 7.89. The van der Waals surface area contributed by atoms with Gasteiger partial charge in [-0.2, -0.15) is 0 Å². The standard InChI is InChI=1S/C16H18ClNO2S2/c17-13-6-1-2-7-14(13)22(19,20)18-12-16(9-3-4-10-16)15-8-5-11-21-15/h1-2,5-8,11,18H,3-4,9-10,12H2. The molecule has 118 valence electrons. The molecule has 0 spiro atoms. The fourth-order valence-electron chi connectivity index (χ4n) is 3.12. The first-order chi connectivity index (χ1) is 10.5. The van der Waals surface area contributed by atoms with E-state index in [1.807, 2.05) is 6.07 Å². The maximum Gasteiger partial charge on any atom is 0.242 e. The molecule has 3 rings (SSSR count). The van der Waals surface area contributed by atoms with Crippen molar-refractivity contribution in [2.75, 3.05) is 6.54 Å². The van der Waals surface area contributed by atoms with E-state index in [4.69, 9.17) is 11.6 Å². The number of hydrogen-bond acceptors (Lipinski definition) is 3. The molecule has 6 heteroatoms. The van der Waals surface area contributed by atoms with Crippen molar-refractivity contribution < 1.29 is 8.42 Å². The summed E-state index contributed by atoms with van der Waals surface area (Å²) in [5.41, 5.74) is -0.0670. The zero-order chi connectivity index (χ0) is 15.6. The van der Waals surface area contributed by atoms with Gasteiger partial charge in [-0.1, -0.05) is 42.6 Å². The molecule has 22 heavy (non-hydrogen) atoms. The molecule has 3 nitrogen and oxygen atoms in total. The SMILES string of the molecule is O=S(=O)(NCC1(c2cccs2)CCCC1)c1ccccc1Cl. The smallest absolute Gasteiger partial charge is 0.210 e. The maximum absolute atomic E-state index is 12.5. The van der Waals surface area contributed by atoms with Crippen LogP contribution in [0, 0.1) is 0 Å². The highest BCUT2D eigenvalue weighted by Gasteiger charge is 2.37. The topological polar surface area (TPSA) is 46.2 Å². The summed E-state index contributed by atoms with van der Waals surface area (Å²) in [7, 11) is -3.58. The van der Waals surface area contributed by atoms with Crippen molar-refractivity contribution in [1.29, 1.82) is 0 Å². The Balaban J connectivity index is 1.83. The lowest BCUT2D eigenvalue weighted by molar-refractivity contribution is 0.440. The Labute approximate surface area is 140 Å². The van der Waals surface area contributed by atoms with Crippen LogP contribution in [0.1, 0.15) is 30.6 Å². The summed E-state index contributed by atoms with van der Waals surface area (Å²) in [5, 5.41) is 2.31. The fourth-order valence-corrected chi connectivity index (χ4v) is 5.75. The third-order valence-electron chi connectivity index (χ3n) is 4.33. The number of thiophene rings is 1. The van der Waals surface area contributed by atoms with E-state index < -0.39 is 10.0 Å². The fraction of sp³-hybridized carbons (Fsp3) is 0.375. The van der Waals surface area contributed by atoms with Crippen molar-refractivity contribution in [3.05, 3.63) is 51.7 Å². The second-order valence-corrected chi connectivity index (χ2v) is 8.81. The molecule has 0 unspecified atom stereocenters. The maximum atomic E-state index is 12.5. The Morgan fingerprint density at radius 1 is 1.14 bits per heavy atom. The van der Waals surface area contributed by atoms with Gasteiger partial charge in [0.1, 0.15) is 4.90 Å². The lowest BCUT2D eigenvalue weighted by Crippen LogP contribution is -2.38. The summed E-state index contributed by atoms with van der Waals surface area (Å²) in [4.78, 5) is 1.42. The highest BCUT2D eigenvalue weighted by atomic mass is 35.5. The quantitative estimate of drug-likeness (QED) is 0.874. The van der Waals surface area contributed by atoms with E-state index in [0.717, 1.165) is 25.7 Å². The third-order valence-corrected chi connectivity index (χ3v) is 7.35. The van der Waals surface area contributed by atoms with Gasteiger partial charge in [0.25, 0.3) is 0 Å². The minimum absolute atomic E-state index is 0.0670. The molecule has 1 aliphatic rings. The molecular weight excluding hydrogens is 338 g/mol. The van der Waals surface area contributed by atoms with Gasteiger partial charge in [-0.15, -0.1) is 11.3 Å². The number of rotatable bonds is 5. The molecule has 1 heterocycles. The Hall–Kier alpha value is -0.880. The van der Waals surface area contributed by atoms with Crippen molar-refractivity contribution in [3.63, 3.8) is 0 Å². The van der Waals surface area contributed by atoms with Crippen LogP contribution in [0.2, 0.25) is 5.02 Å². The van der Waals surface area contributed by atoms with Crippen LogP contribution in [0.15, 0.2) is 46.7 Å². The Morgan fingerprint density at radius 3 is 2.50 bits per heavy atom. The van der Waals surface area contributed by atoms with E-state index in [0.29, 0.717) is 6.54 Å². The molecule has 2 aromatic rings. The van der Waals surface area contributed by atoms with E-state index >= 15 is 0 Å². The predicted octanol–water partition coefficient (Wildman–Crippen LogP) is 4.19. The van der Waals surface area contributed by atoms with Crippen LogP contribution >= 0.6 is 22.9 Å². The first-order valence-corrected chi connectivity index (χ1v) is 10.1. The van der Waals surface area contributed by atoms with E-state index in [2.05, 4.69) is 16.2 Å². The van der Waals surface area contributed by atoms with Crippen molar-refractivity contribution in [2.45, 2.75) is 36.0 Å². The summed E-state index contributed by atoms with van der Waals surface area (Å²) >= 11 is 7.73. The summed E-state index contributed by atoms with van der Waals surface area (Å²) in [6.45, 7) is 0.432. The van der Waals surface area contributed by atoms with Gasteiger partial charge in [-0.3, -0.25) is 0 Å². The number of hydrogen-bond donors (Lipinski definition) is 1. The third kappa shape index (κ3) is 3.08. The molecule has 1 aromatic carbocycles. The number of nitrogens with one attached hydrogen (secondary N) is 1. The molecular formula is C16H18ClNO2S2. The molecule has 0 bridgehead atoms. The Kier molecular flexibility index (Phi) is 4.59. The molecule has 1 N–H and O–H groups in total. The van der Waals surface area contributed by atoms with E-state index in [1.54, 1.807) is 29.5 Å². The van der Waals surface area contributed by atoms with Crippen molar-refractivity contribution in [1.82, 2.24) is 4.72 Å². The first-order valence-electron chi connectivity index (χ1n) is 7.32. The highest BCUT2D eigenvalue weighted by Crippen LogP contribution is 2.42. The van der Waals surface area contributed by atoms with Crippen LogP contribution in [0.4, 0.5) is 0 Å². The second kappa shape index (κ2) is 6.32. The lowest BCUT2D eigenvalue weighted by atomic mass is 9.85. The second-order valence-electron chi connectivity index (χ2n) is 5.72. The van der Waals surface area contributed by atoms with Gasteiger partial charge >= 0.3 is 0 Å². The first kappa shape index (κ1) is 16.0. The number of halogens is 1. The average molecular weight is 356 g/mol. The van der Waals surface area contributed by atoms with Gasteiger partial charge in [0.05, 0.1) is 5.02 Å². The average Bonchev–Trinajstić information content (AvgIpc) is 3.18. The van der Waals surface area contributed by atoms with Crippen LogP contribution in [-0.2, 0) is 15.4 Å². The van der Waals surface area contributed by atoms with Gasteiger partial charge < -0.3 is 0 Å². The van der Waals surface area contributed by atoms with Crippen molar-refractivity contribution in [2.24, 2.45) is 0 Å². The molecule has 1 fully saturated rings. The minimum atomic E-state index is -3.58. The van der Waals surface area contributed by atoms with Gasteiger partial charge in [0.2, 0.25) is 10.0 Å². The Bertz CT molecular complexity index is 735. The van der Waals surface area contributed by atoms with E-state index in [-0.39, 0.29) is 15.3 Å². The normalized spacial score (nSPS) is 17.7. The van der Waals surface area contributed by atoms with Gasteiger partial charge in [-0.05, 0) is 36.4 Å². The number of sulfonamides is 1. The zero-order valence-corrected chi connectivity index (χ0v) is 14.5. The largest absolute Gasteiger partial charge is 0.242 e. The van der Waals surface area contributed by atoms with E-state index in [9.17, 15) is 8.42 Å². The molecule has 0 amide bonds. The molecule has 0 aliphatic heterocycles. The van der Waals surface area contributed by atoms with Gasteiger partial charge in [0.15, 0.2) is 0 Å². The zero-order valence-electron chi connectivity index (χ0n) is 12.1. The lowest BCUT2D eigenvalue weighted by Gasteiger charge is -2.28. The molecule has 0 radical (unpaired) electrons. The molecule has 1 aromatic heterocycles. The molecule has 0 atom stereocenters. The van der Waals surface area contributed by atoms with E-state index in [1.165, 1.54) is 10.9 Å². The van der Waals surface area contributed by atoms with Crippen LogP contribution in [0.5, 0.6) is 0 Å². The number of benzene rings is 1. The van der Waals surface area contributed by atoms with Crippen molar-refractivity contribution >= 4 is 33.0 Å². The van der Waals surface area contributed by atoms with Crippen LogP contribution in [0.25, 0.3) is 0 Å². The molecule has 1 saturated carbocycles. The predicted molar refractivity (Wildman–Crippen MR) is 91.1 cm³/mol. The van der Waals surface area contributed by atoms with Crippen molar-refractivity contribution in [3.8, 4) is 0 Å². The Morgan fingerprint density at radius 2 is 1.86 bits per heavy atom. The van der Waals surface area contributed by atoms with Crippen LogP contribution in [0.3, 0.4) is 0 Å².